The molecule has 26 heavy (non-hydrogen) atoms. The monoisotopic (exact) mass is 359 g/mol. The Kier molecular flexibility index (Phi) is 5.59. The number of esters is 1. The fraction of sp³-hybridized carbons (Fsp3) is 0.550. The smallest absolute Gasteiger partial charge is 0.311 e. The fourth-order valence-electron chi connectivity index (χ4n) is 3.77. The van der Waals surface area contributed by atoms with Gasteiger partial charge in [-0.3, -0.25) is 14.4 Å². The van der Waals surface area contributed by atoms with E-state index >= 15 is 0 Å². The molecule has 1 aliphatic carbocycles. The number of methoxy groups -OCH3 is 1. The second kappa shape index (κ2) is 7.89. The van der Waals surface area contributed by atoms with Gasteiger partial charge in [0, 0.05) is 24.6 Å². The third-order valence-electron chi connectivity index (χ3n) is 5.29. The molecule has 1 amide bonds. The highest BCUT2D eigenvalue weighted by Gasteiger charge is 2.40. The van der Waals surface area contributed by atoms with Crippen LogP contribution in [0.15, 0.2) is 24.3 Å². The van der Waals surface area contributed by atoms with Gasteiger partial charge in [0.2, 0.25) is 11.7 Å². The van der Waals surface area contributed by atoms with E-state index in [2.05, 4.69) is 0 Å². The normalized spacial score (nSPS) is 21.7. The molecule has 1 saturated heterocycles. The third kappa shape index (κ3) is 3.89. The number of amides is 1. The summed E-state index contributed by atoms with van der Waals surface area (Å²) in [5.41, 5.74) is 0.459. The van der Waals surface area contributed by atoms with Crippen LogP contribution in [0.3, 0.4) is 0 Å². The number of ketones is 1. The molecule has 1 aromatic carbocycles. The summed E-state index contributed by atoms with van der Waals surface area (Å²) in [6.07, 6.45) is 3.60. The first-order valence-electron chi connectivity index (χ1n) is 9.18. The molecule has 2 atom stereocenters. The Balaban J connectivity index is 1.56. The maximum atomic E-state index is 12.4. The lowest BCUT2D eigenvalue weighted by atomic mass is 10.1. The number of rotatable bonds is 6. The van der Waals surface area contributed by atoms with Gasteiger partial charge in [0.15, 0.2) is 6.10 Å². The Morgan fingerprint density at radius 2 is 1.81 bits per heavy atom. The van der Waals surface area contributed by atoms with Gasteiger partial charge in [0.1, 0.15) is 5.75 Å². The van der Waals surface area contributed by atoms with Crippen molar-refractivity contribution in [3.8, 4) is 5.75 Å². The van der Waals surface area contributed by atoms with Crippen LogP contribution in [0.1, 0.15) is 49.4 Å². The molecule has 6 heteroatoms. The molecule has 2 fully saturated rings. The quantitative estimate of drug-likeness (QED) is 0.577. The number of ether oxygens (including phenoxy) is 2. The van der Waals surface area contributed by atoms with Crippen molar-refractivity contribution in [2.75, 3.05) is 13.7 Å². The van der Waals surface area contributed by atoms with E-state index in [-0.39, 0.29) is 24.2 Å². The van der Waals surface area contributed by atoms with E-state index in [9.17, 15) is 14.4 Å². The second-order valence-electron chi connectivity index (χ2n) is 7.06. The number of carbonyl (C=O) groups excluding carboxylic acids is 3. The van der Waals surface area contributed by atoms with Gasteiger partial charge in [-0.05, 0) is 44.0 Å². The van der Waals surface area contributed by atoms with Crippen molar-refractivity contribution in [1.82, 2.24) is 4.90 Å². The SMILES string of the molecule is COc1ccc(C(=O)[C@@H](C)OC(=O)[C@H]2CC(=O)N(C3CCCC3)C2)cc1. The minimum Gasteiger partial charge on any atom is -0.497 e. The van der Waals surface area contributed by atoms with Crippen LogP contribution in [0.5, 0.6) is 5.75 Å². The lowest BCUT2D eigenvalue weighted by Crippen LogP contribution is -2.35. The van der Waals surface area contributed by atoms with Gasteiger partial charge in [-0.2, -0.15) is 0 Å². The van der Waals surface area contributed by atoms with Gasteiger partial charge < -0.3 is 14.4 Å². The summed E-state index contributed by atoms with van der Waals surface area (Å²) in [6.45, 7) is 1.97. The molecular formula is C20H25NO5. The molecule has 0 radical (unpaired) electrons. The summed E-state index contributed by atoms with van der Waals surface area (Å²) in [6, 6.07) is 6.94. The van der Waals surface area contributed by atoms with E-state index in [0.29, 0.717) is 17.9 Å². The van der Waals surface area contributed by atoms with Crippen LogP contribution in [0.25, 0.3) is 0 Å². The van der Waals surface area contributed by atoms with Crippen LogP contribution in [0.2, 0.25) is 0 Å². The van der Waals surface area contributed by atoms with Gasteiger partial charge in [-0.25, -0.2) is 0 Å². The van der Waals surface area contributed by atoms with Crippen LogP contribution < -0.4 is 4.74 Å². The number of Topliss-reactive ketones (excluding diaryl/α,β-unsaturated/α-hetero) is 1. The summed E-state index contributed by atoms with van der Waals surface area (Å²) in [7, 11) is 1.55. The molecular weight excluding hydrogens is 334 g/mol. The molecule has 1 saturated carbocycles. The molecule has 0 aromatic heterocycles. The first-order valence-corrected chi connectivity index (χ1v) is 9.18. The highest BCUT2D eigenvalue weighted by molar-refractivity contribution is 6.00. The van der Waals surface area contributed by atoms with Gasteiger partial charge in [-0.1, -0.05) is 12.8 Å². The Bertz CT molecular complexity index is 678. The van der Waals surface area contributed by atoms with Crippen LogP contribution in [0, 0.1) is 5.92 Å². The highest BCUT2D eigenvalue weighted by atomic mass is 16.5. The van der Waals surface area contributed by atoms with E-state index in [1.54, 1.807) is 38.3 Å². The van der Waals surface area contributed by atoms with E-state index < -0.39 is 18.0 Å². The molecule has 3 rings (SSSR count). The minimum absolute atomic E-state index is 0.0213. The molecule has 0 N–H and O–H groups in total. The average molecular weight is 359 g/mol. The summed E-state index contributed by atoms with van der Waals surface area (Å²) < 4.78 is 10.4. The predicted octanol–water partition coefficient (Wildman–Crippen LogP) is 2.60. The molecule has 0 unspecified atom stereocenters. The topological polar surface area (TPSA) is 72.9 Å². The van der Waals surface area contributed by atoms with E-state index in [1.165, 1.54) is 0 Å². The van der Waals surface area contributed by atoms with Crippen molar-refractivity contribution in [3.63, 3.8) is 0 Å². The number of carbonyl (C=O) groups is 3. The zero-order chi connectivity index (χ0) is 18.7. The second-order valence-corrected chi connectivity index (χ2v) is 7.06. The van der Waals surface area contributed by atoms with Gasteiger partial charge in [0.05, 0.1) is 13.0 Å². The third-order valence-corrected chi connectivity index (χ3v) is 5.29. The van der Waals surface area contributed by atoms with Crippen molar-refractivity contribution in [3.05, 3.63) is 29.8 Å². The van der Waals surface area contributed by atoms with Crippen molar-refractivity contribution in [2.24, 2.45) is 5.92 Å². The molecule has 0 bridgehead atoms. The molecule has 1 aliphatic heterocycles. The van der Waals surface area contributed by atoms with Gasteiger partial charge in [0.25, 0.3) is 0 Å². The van der Waals surface area contributed by atoms with Crippen LogP contribution in [0.4, 0.5) is 0 Å². The van der Waals surface area contributed by atoms with Crippen LogP contribution in [-0.4, -0.2) is 48.4 Å². The highest BCUT2D eigenvalue weighted by Crippen LogP contribution is 2.30. The lowest BCUT2D eigenvalue weighted by Gasteiger charge is -2.24. The molecule has 1 heterocycles. The maximum Gasteiger partial charge on any atom is 0.311 e. The van der Waals surface area contributed by atoms with Gasteiger partial charge >= 0.3 is 5.97 Å². The molecule has 140 valence electrons. The minimum atomic E-state index is -0.883. The van der Waals surface area contributed by atoms with Crippen molar-refractivity contribution in [2.45, 2.75) is 51.2 Å². The van der Waals surface area contributed by atoms with Crippen LogP contribution >= 0.6 is 0 Å². The van der Waals surface area contributed by atoms with E-state index in [1.807, 2.05) is 4.90 Å². The summed E-state index contributed by atoms with van der Waals surface area (Å²) in [5, 5.41) is 0. The summed E-state index contributed by atoms with van der Waals surface area (Å²) in [5.74, 6) is -0.531. The summed E-state index contributed by atoms with van der Waals surface area (Å²) >= 11 is 0. The van der Waals surface area contributed by atoms with Crippen molar-refractivity contribution < 1.29 is 23.9 Å². The van der Waals surface area contributed by atoms with Gasteiger partial charge in [-0.15, -0.1) is 0 Å². The zero-order valence-electron chi connectivity index (χ0n) is 15.3. The number of benzene rings is 1. The predicted molar refractivity (Wildman–Crippen MR) is 95.0 cm³/mol. The molecule has 6 nitrogen and oxygen atoms in total. The maximum absolute atomic E-state index is 12.4. The first kappa shape index (κ1) is 18.4. The molecule has 0 spiro atoms. The fourth-order valence-corrected chi connectivity index (χ4v) is 3.77. The Labute approximate surface area is 153 Å². The van der Waals surface area contributed by atoms with E-state index in [4.69, 9.17) is 9.47 Å². The molecule has 1 aromatic rings. The lowest BCUT2D eigenvalue weighted by molar-refractivity contribution is -0.151. The number of likely N-dealkylation sites (tertiary alicyclic amines) is 1. The van der Waals surface area contributed by atoms with E-state index in [0.717, 1.165) is 25.7 Å². The van der Waals surface area contributed by atoms with Crippen LogP contribution in [-0.2, 0) is 14.3 Å². The van der Waals surface area contributed by atoms with Crippen molar-refractivity contribution >= 4 is 17.7 Å². The largest absolute Gasteiger partial charge is 0.497 e. The Morgan fingerprint density at radius 3 is 2.42 bits per heavy atom. The zero-order valence-corrected chi connectivity index (χ0v) is 15.3. The first-order chi connectivity index (χ1) is 12.5. The Hall–Kier alpha value is -2.37. The number of hydrogen-bond donors (Lipinski definition) is 0. The van der Waals surface area contributed by atoms with Crippen molar-refractivity contribution in [1.29, 1.82) is 0 Å². The average Bonchev–Trinajstić information content (AvgIpc) is 3.30. The Morgan fingerprint density at radius 1 is 1.15 bits per heavy atom. The number of hydrogen-bond acceptors (Lipinski definition) is 5. The standard InChI is InChI=1S/C20H25NO5/c1-13(19(23)14-7-9-17(25-2)10-8-14)26-20(24)15-11-18(22)21(12-15)16-5-3-4-6-16/h7-10,13,15-16H,3-6,11-12H2,1-2H3/t13-,15+/m1/s1. The summed E-state index contributed by atoms with van der Waals surface area (Å²) in [4.78, 5) is 38.9. The molecule has 2 aliphatic rings. The number of nitrogens with zero attached hydrogens (tertiary/aromatic N) is 1.